The minimum Gasteiger partial charge on any atom is -0.393 e. The molecule has 1 heterocycles. The van der Waals surface area contributed by atoms with Crippen molar-refractivity contribution in [3.8, 4) is 0 Å². The highest BCUT2D eigenvalue weighted by atomic mass is 16.5. The molecule has 1 aromatic carbocycles. The summed E-state index contributed by atoms with van der Waals surface area (Å²) < 4.78 is 5.69. The number of hydrogen-bond donors (Lipinski definition) is 2. The van der Waals surface area contributed by atoms with E-state index in [4.69, 9.17) is 4.74 Å². The van der Waals surface area contributed by atoms with Gasteiger partial charge in [-0.3, -0.25) is 4.90 Å². The number of aliphatic hydroxyl groups excluding tert-OH is 2. The summed E-state index contributed by atoms with van der Waals surface area (Å²) in [5.74, 6) is 0. The molecular weight excluding hydrogens is 302 g/mol. The van der Waals surface area contributed by atoms with Crippen LogP contribution in [0.15, 0.2) is 24.3 Å². The van der Waals surface area contributed by atoms with Gasteiger partial charge < -0.3 is 14.9 Å². The van der Waals surface area contributed by atoms with Gasteiger partial charge in [0.15, 0.2) is 0 Å². The summed E-state index contributed by atoms with van der Waals surface area (Å²) >= 11 is 0. The molecule has 0 bridgehead atoms. The average Bonchev–Trinajstić information content (AvgIpc) is 2.44. The van der Waals surface area contributed by atoms with E-state index < -0.39 is 6.10 Å². The molecule has 4 nitrogen and oxygen atoms in total. The van der Waals surface area contributed by atoms with Crippen LogP contribution in [0.2, 0.25) is 0 Å². The Hall–Kier alpha value is -0.940. The standard InChI is InChI=1S/C20H33NO3/c1-15-6-8-16(9-7-15)13-24-14-18(23)12-21-19(2,3)10-17(22)11-20(21,4)5/h6-9,17-18,22-23H,10-14H2,1-5H3/t18-/m0/s1. The van der Waals surface area contributed by atoms with Crippen LogP contribution in [0.5, 0.6) is 0 Å². The molecule has 0 unspecified atom stereocenters. The summed E-state index contributed by atoms with van der Waals surface area (Å²) in [4.78, 5) is 2.31. The van der Waals surface area contributed by atoms with Crippen LogP contribution < -0.4 is 0 Å². The number of piperidine rings is 1. The first-order chi connectivity index (χ1) is 11.1. The van der Waals surface area contributed by atoms with E-state index in [1.165, 1.54) is 5.56 Å². The fourth-order valence-corrected chi connectivity index (χ4v) is 4.02. The molecule has 0 saturated carbocycles. The van der Waals surface area contributed by atoms with Crippen molar-refractivity contribution >= 4 is 0 Å². The normalized spacial score (nSPS) is 22.5. The number of rotatable bonds is 6. The topological polar surface area (TPSA) is 52.9 Å². The highest BCUT2D eigenvalue weighted by Gasteiger charge is 2.45. The van der Waals surface area contributed by atoms with E-state index in [1.54, 1.807) is 0 Å². The van der Waals surface area contributed by atoms with E-state index in [9.17, 15) is 10.2 Å². The highest BCUT2D eigenvalue weighted by molar-refractivity contribution is 5.20. The van der Waals surface area contributed by atoms with Gasteiger partial charge in [0.05, 0.1) is 25.4 Å². The van der Waals surface area contributed by atoms with Gasteiger partial charge in [0.25, 0.3) is 0 Å². The zero-order valence-corrected chi connectivity index (χ0v) is 15.7. The van der Waals surface area contributed by atoms with Crippen LogP contribution in [0, 0.1) is 6.92 Å². The summed E-state index contributed by atoms with van der Waals surface area (Å²) in [7, 11) is 0. The summed E-state index contributed by atoms with van der Waals surface area (Å²) in [6.07, 6.45) is 0.645. The third-order valence-electron chi connectivity index (χ3n) is 5.02. The molecule has 2 N–H and O–H groups in total. The molecule has 0 radical (unpaired) electrons. The second-order valence-electron chi connectivity index (χ2n) is 8.45. The number of benzene rings is 1. The molecule has 1 fully saturated rings. The van der Waals surface area contributed by atoms with Gasteiger partial charge in [0.2, 0.25) is 0 Å². The lowest BCUT2D eigenvalue weighted by atomic mass is 9.78. The molecule has 2 rings (SSSR count). The van der Waals surface area contributed by atoms with Crippen molar-refractivity contribution in [1.82, 2.24) is 4.90 Å². The van der Waals surface area contributed by atoms with E-state index in [2.05, 4.69) is 63.8 Å². The van der Waals surface area contributed by atoms with Crippen molar-refractivity contribution in [3.63, 3.8) is 0 Å². The molecule has 24 heavy (non-hydrogen) atoms. The number of hydrogen-bond acceptors (Lipinski definition) is 4. The minimum absolute atomic E-state index is 0.140. The Bertz CT molecular complexity index is 506. The van der Waals surface area contributed by atoms with Gasteiger partial charge in [0.1, 0.15) is 0 Å². The highest BCUT2D eigenvalue weighted by Crippen LogP contribution is 2.38. The molecule has 4 heteroatoms. The zero-order chi connectivity index (χ0) is 18.0. The molecule has 1 aliphatic rings. The summed E-state index contributed by atoms with van der Waals surface area (Å²) in [6, 6.07) is 8.25. The van der Waals surface area contributed by atoms with Gasteiger partial charge in [-0.15, -0.1) is 0 Å². The number of aliphatic hydroxyl groups is 2. The molecule has 1 aliphatic heterocycles. The van der Waals surface area contributed by atoms with Gasteiger partial charge in [0, 0.05) is 17.6 Å². The average molecular weight is 335 g/mol. The van der Waals surface area contributed by atoms with E-state index in [0.717, 1.165) is 18.4 Å². The molecule has 136 valence electrons. The number of ether oxygens (including phenoxy) is 1. The maximum atomic E-state index is 10.4. The fraction of sp³-hybridized carbons (Fsp3) is 0.700. The molecule has 1 saturated heterocycles. The van der Waals surface area contributed by atoms with Crippen molar-refractivity contribution in [2.75, 3.05) is 13.2 Å². The Kier molecular flexibility index (Phi) is 6.08. The number of aryl methyl sites for hydroxylation is 1. The third-order valence-corrected chi connectivity index (χ3v) is 5.02. The maximum Gasteiger partial charge on any atom is 0.0900 e. The van der Waals surface area contributed by atoms with Crippen LogP contribution in [0.4, 0.5) is 0 Å². The second kappa shape index (κ2) is 7.52. The van der Waals surface area contributed by atoms with Crippen molar-refractivity contribution in [1.29, 1.82) is 0 Å². The van der Waals surface area contributed by atoms with Crippen LogP contribution in [0.3, 0.4) is 0 Å². The molecule has 0 amide bonds. The van der Waals surface area contributed by atoms with Crippen molar-refractivity contribution < 1.29 is 14.9 Å². The quantitative estimate of drug-likeness (QED) is 0.839. The zero-order valence-electron chi connectivity index (χ0n) is 15.7. The van der Waals surface area contributed by atoms with Gasteiger partial charge in [-0.1, -0.05) is 29.8 Å². The fourth-order valence-electron chi connectivity index (χ4n) is 4.02. The van der Waals surface area contributed by atoms with Crippen molar-refractivity contribution in [2.24, 2.45) is 0 Å². The Balaban J connectivity index is 1.86. The lowest BCUT2D eigenvalue weighted by molar-refractivity contribution is -0.105. The lowest BCUT2D eigenvalue weighted by Crippen LogP contribution is -2.63. The third kappa shape index (κ3) is 5.03. The van der Waals surface area contributed by atoms with Gasteiger partial charge in [-0.25, -0.2) is 0 Å². The molecule has 0 aromatic heterocycles. The summed E-state index contributed by atoms with van der Waals surface area (Å²) in [5, 5.41) is 20.5. The largest absolute Gasteiger partial charge is 0.393 e. The van der Waals surface area contributed by atoms with Gasteiger partial charge >= 0.3 is 0 Å². The first-order valence-electron chi connectivity index (χ1n) is 8.87. The predicted octanol–water partition coefficient (Wildman–Crippen LogP) is 2.89. The maximum absolute atomic E-state index is 10.4. The number of likely N-dealkylation sites (tertiary alicyclic amines) is 1. The monoisotopic (exact) mass is 335 g/mol. The van der Waals surface area contributed by atoms with Crippen LogP contribution in [0.25, 0.3) is 0 Å². The van der Waals surface area contributed by atoms with Crippen molar-refractivity contribution in [2.45, 2.75) is 77.4 Å². The van der Waals surface area contributed by atoms with Crippen LogP contribution in [-0.4, -0.2) is 51.6 Å². The minimum atomic E-state index is -0.538. The Labute approximate surface area is 146 Å². The number of nitrogens with zero attached hydrogens (tertiary/aromatic N) is 1. The van der Waals surface area contributed by atoms with Crippen LogP contribution in [-0.2, 0) is 11.3 Å². The van der Waals surface area contributed by atoms with Crippen LogP contribution >= 0.6 is 0 Å². The van der Waals surface area contributed by atoms with E-state index in [0.29, 0.717) is 19.8 Å². The Morgan fingerprint density at radius 1 is 1.12 bits per heavy atom. The smallest absolute Gasteiger partial charge is 0.0900 e. The summed E-state index contributed by atoms with van der Waals surface area (Å²) in [5.41, 5.74) is 2.07. The van der Waals surface area contributed by atoms with Crippen LogP contribution in [0.1, 0.15) is 51.7 Å². The van der Waals surface area contributed by atoms with E-state index in [-0.39, 0.29) is 17.2 Å². The SMILES string of the molecule is Cc1ccc(COC[C@@H](O)CN2C(C)(C)CC(O)CC2(C)C)cc1. The first kappa shape index (κ1) is 19.4. The van der Waals surface area contributed by atoms with Crippen molar-refractivity contribution in [3.05, 3.63) is 35.4 Å². The molecular formula is C20H33NO3. The molecule has 1 atom stereocenters. The second-order valence-corrected chi connectivity index (χ2v) is 8.45. The number of β-amino-alcohol motifs (C(OH)–C–C–N with tert-alkyl or cyclic N) is 1. The van der Waals surface area contributed by atoms with Gasteiger partial charge in [-0.2, -0.15) is 0 Å². The molecule has 0 spiro atoms. The van der Waals surface area contributed by atoms with E-state index in [1.807, 2.05) is 0 Å². The van der Waals surface area contributed by atoms with Gasteiger partial charge in [-0.05, 0) is 53.0 Å². The predicted molar refractivity (Wildman–Crippen MR) is 96.9 cm³/mol. The lowest BCUT2D eigenvalue weighted by Gasteiger charge is -2.55. The Morgan fingerprint density at radius 3 is 2.21 bits per heavy atom. The first-order valence-corrected chi connectivity index (χ1v) is 8.87. The molecule has 1 aromatic rings. The Morgan fingerprint density at radius 2 is 1.67 bits per heavy atom. The van der Waals surface area contributed by atoms with E-state index >= 15 is 0 Å². The summed E-state index contributed by atoms with van der Waals surface area (Å²) in [6.45, 7) is 12.0. The molecule has 0 aliphatic carbocycles.